The van der Waals surface area contributed by atoms with Crippen molar-refractivity contribution in [1.82, 2.24) is 14.4 Å². The maximum atomic E-state index is 5.73. The van der Waals surface area contributed by atoms with Crippen LogP contribution in [0.1, 0.15) is 11.4 Å². The normalized spacial score (nSPS) is 11.2. The molecule has 0 atom stereocenters. The molecule has 0 fully saturated rings. The summed E-state index contributed by atoms with van der Waals surface area (Å²) < 4.78 is 2.20. The number of rotatable bonds is 3. The van der Waals surface area contributed by atoms with Crippen LogP contribution in [-0.2, 0) is 6.42 Å². The number of nitrogens with two attached hydrogens (primary N) is 1. The van der Waals surface area contributed by atoms with Crippen molar-refractivity contribution >= 4 is 16.3 Å². The first-order chi connectivity index (χ1) is 8.81. The van der Waals surface area contributed by atoms with E-state index in [9.17, 15) is 0 Å². The van der Waals surface area contributed by atoms with E-state index in [2.05, 4.69) is 21.7 Å². The Morgan fingerprint density at radius 2 is 2.11 bits per heavy atom. The molecule has 0 unspecified atom stereocenters. The van der Waals surface area contributed by atoms with Gasteiger partial charge in [0.25, 0.3) is 0 Å². The van der Waals surface area contributed by atoms with Crippen molar-refractivity contribution in [3.8, 4) is 11.3 Å². The van der Waals surface area contributed by atoms with Crippen LogP contribution in [0, 0.1) is 6.92 Å². The first kappa shape index (κ1) is 11.4. The van der Waals surface area contributed by atoms with Crippen molar-refractivity contribution in [3.05, 3.63) is 41.3 Å². The highest BCUT2D eigenvalue weighted by Gasteiger charge is 2.15. The van der Waals surface area contributed by atoms with Crippen molar-refractivity contribution in [1.29, 1.82) is 0 Å². The zero-order valence-electron chi connectivity index (χ0n) is 10.1. The van der Waals surface area contributed by atoms with E-state index in [1.165, 1.54) is 11.4 Å². The topological polar surface area (TPSA) is 56.2 Å². The standard InChI is InChI=1S/C13H14N4S/c1-9-8-18-13-16-12(10-3-6-15-7-4-10)11(2-5-14)17(9)13/h3-4,6-8H,2,5,14H2,1H3. The highest BCUT2D eigenvalue weighted by atomic mass is 32.1. The number of hydrogen-bond donors (Lipinski definition) is 1. The molecule has 0 aliphatic rings. The van der Waals surface area contributed by atoms with Crippen molar-refractivity contribution < 1.29 is 0 Å². The van der Waals surface area contributed by atoms with Crippen LogP contribution in [-0.4, -0.2) is 20.9 Å². The Kier molecular flexibility index (Phi) is 2.85. The van der Waals surface area contributed by atoms with Gasteiger partial charge < -0.3 is 5.73 Å². The molecule has 0 bridgehead atoms. The van der Waals surface area contributed by atoms with E-state index in [1.54, 1.807) is 23.7 Å². The van der Waals surface area contributed by atoms with E-state index >= 15 is 0 Å². The van der Waals surface area contributed by atoms with Gasteiger partial charge in [0.2, 0.25) is 0 Å². The van der Waals surface area contributed by atoms with Crippen LogP contribution in [0.15, 0.2) is 29.9 Å². The van der Waals surface area contributed by atoms with Crippen LogP contribution in [0.2, 0.25) is 0 Å². The summed E-state index contributed by atoms with van der Waals surface area (Å²) in [5.74, 6) is 0. The minimum absolute atomic E-state index is 0.626. The summed E-state index contributed by atoms with van der Waals surface area (Å²) in [4.78, 5) is 9.80. The van der Waals surface area contributed by atoms with Gasteiger partial charge in [0.05, 0.1) is 11.4 Å². The molecule has 92 valence electrons. The Balaban J connectivity index is 2.25. The summed E-state index contributed by atoms with van der Waals surface area (Å²) in [6, 6.07) is 3.98. The summed E-state index contributed by atoms with van der Waals surface area (Å²) >= 11 is 1.66. The molecule has 2 N–H and O–H groups in total. The van der Waals surface area contributed by atoms with Crippen molar-refractivity contribution in [2.75, 3.05) is 6.54 Å². The third-order valence-electron chi connectivity index (χ3n) is 2.96. The van der Waals surface area contributed by atoms with Crippen molar-refractivity contribution in [2.45, 2.75) is 13.3 Å². The quantitative estimate of drug-likeness (QED) is 0.784. The largest absolute Gasteiger partial charge is 0.330 e. The number of aryl methyl sites for hydroxylation is 1. The van der Waals surface area contributed by atoms with Gasteiger partial charge in [-0.1, -0.05) is 0 Å². The minimum atomic E-state index is 0.626. The highest BCUT2D eigenvalue weighted by Crippen LogP contribution is 2.28. The lowest BCUT2D eigenvalue weighted by atomic mass is 10.1. The lowest BCUT2D eigenvalue weighted by Crippen LogP contribution is -2.06. The molecular weight excluding hydrogens is 244 g/mol. The van der Waals surface area contributed by atoms with E-state index in [0.29, 0.717) is 6.54 Å². The Morgan fingerprint density at radius 3 is 2.83 bits per heavy atom. The lowest BCUT2D eigenvalue weighted by molar-refractivity contribution is 0.898. The monoisotopic (exact) mass is 258 g/mol. The first-order valence-electron chi connectivity index (χ1n) is 5.87. The molecule has 4 nitrogen and oxygen atoms in total. The molecule has 0 amide bonds. The minimum Gasteiger partial charge on any atom is -0.330 e. The number of thiazole rings is 1. The summed E-state index contributed by atoms with van der Waals surface area (Å²) in [5, 5.41) is 2.12. The van der Waals surface area contributed by atoms with Gasteiger partial charge >= 0.3 is 0 Å². The van der Waals surface area contributed by atoms with Gasteiger partial charge in [0.15, 0.2) is 4.96 Å². The second kappa shape index (κ2) is 4.51. The molecule has 0 aliphatic heterocycles. The molecule has 0 spiro atoms. The van der Waals surface area contributed by atoms with Gasteiger partial charge in [-0.05, 0) is 25.6 Å². The summed E-state index contributed by atoms with van der Waals surface area (Å²) in [5.41, 5.74) is 10.3. The Morgan fingerprint density at radius 1 is 1.33 bits per heavy atom. The smallest absolute Gasteiger partial charge is 0.194 e. The third kappa shape index (κ3) is 1.72. The van der Waals surface area contributed by atoms with Crippen LogP contribution in [0.3, 0.4) is 0 Å². The summed E-state index contributed by atoms with van der Waals surface area (Å²) in [6.07, 6.45) is 4.42. The Labute approximate surface area is 109 Å². The fourth-order valence-corrected chi connectivity index (χ4v) is 3.06. The molecule has 0 aliphatic carbocycles. The van der Waals surface area contributed by atoms with Crippen LogP contribution in [0.25, 0.3) is 16.2 Å². The van der Waals surface area contributed by atoms with Gasteiger partial charge in [0, 0.05) is 35.5 Å². The van der Waals surface area contributed by atoms with Crippen molar-refractivity contribution in [2.24, 2.45) is 5.73 Å². The fraction of sp³-hybridized carbons (Fsp3) is 0.231. The molecule has 0 aromatic carbocycles. The Hall–Kier alpha value is -1.72. The second-order valence-electron chi connectivity index (χ2n) is 4.18. The molecule has 0 radical (unpaired) electrons. The highest BCUT2D eigenvalue weighted by molar-refractivity contribution is 7.15. The molecule has 3 aromatic rings. The number of pyridine rings is 1. The van der Waals surface area contributed by atoms with E-state index in [1.807, 2.05) is 12.1 Å². The van der Waals surface area contributed by atoms with E-state index in [-0.39, 0.29) is 0 Å². The molecule has 3 aromatic heterocycles. The van der Waals surface area contributed by atoms with Gasteiger partial charge in [-0.3, -0.25) is 9.38 Å². The molecule has 3 rings (SSSR count). The fourth-order valence-electron chi connectivity index (χ4n) is 2.17. The van der Waals surface area contributed by atoms with Gasteiger partial charge in [-0.15, -0.1) is 11.3 Å². The third-order valence-corrected chi connectivity index (χ3v) is 3.91. The SMILES string of the molecule is Cc1csc2nc(-c3ccncc3)c(CCN)n12. The molecule has 0 saturated heterocycles. The van der Waals surface area contributed by atoms with E-state index in [0.717, 1.165) is 22.6 Å². The van der Waals surface area contributed by atoms with Crippen LogP contribution < -0.4 is 5.73 Å². The average Bonchev–Trinajstić information content (AvgIpc) is 2.93. The van der Waals surface area contributed by atoms with Gasteiger partial charge in [-0.25, -0.2) is 4.98 Å². The molecule has 18 heavy (non-hydrogen) atoms. The second-order valence-corrected chi connectivity index (χ2v) is 5.01. The Bertz CT molecular complexity index is 669. The first-order valence-corrected chi connectivity index (χ1v) is 6.75. The number of aromatic nitrogens is 3. The predicted molar refractivity (Wildman–Crippen MR) is 73.8 cm³/mol. The van der Waals surface area contributed by atoms with Crippen LogP contribution >= 0.6 is 11.3 Å². The molecular formula is C13H14N4S. The van der Waals surface area contributed by atoms with Crippen molar-refractivity contribution in [3.63, 3.8) is 0 Å². The number of imidazole rings is 1. The zero-order valence-corrected chi connectivity index (χ0v) is 10.9. The molecule has 3 heterocycles. The maximum Gasteiger partial charge on any atom is 0.194 e. The number of fused-ring (bicyclic) bond motifs is 1. The zero-order chi connectivity index (χ0) is 12.5. The van der Waals surface area contributed by atoms with E-state index in [4.69, 9.17) is 10.7 Å². The van der Waals surface area contributed by atoms with Gasteiger partial charge in [-0.2, -0.15) is 0 Å². The average molecular weight is 258 g/mol. The summed E-state index contributed by atoms with van der Waals surface area (Å²) in [7, 11) is 0. The van der Waals surface area contributed by atoms with E-state index < -0.39 is 0 Å². The molecule has 5 heteroatoms. The molecule has 0 saturated carbocycles. The van der Waals surface area contributed by atoms with Crippen LogP contribution in [0.4, 0.5) is 0 Å². The van der Waals surface area contributed by atoms with Gasteiger partial charge in [0.1, 0.15) is 0 Å². The number of hydrogen-bond acceptors (Lipinski definition) is 4. The van der Waals surface area contributed by atoms with Crippen LogP contribution in [0.5, 0.6) is 0 Å². The number of nitrogens with zero attached hydrogens (tertiary/aromatic N) is 3. The lowest BCUT2D eigenvalue weighted by Gasteiger charge is -2.03. The maximum absolute atomic E-state index is 5.73. The predicted octanol–water partition coefficient (Wildman–Crippen LogP) is 2.27. The summed E-state index contributed by atoms with van der Waals surface area (Å²) in [6.45, 7) is 2.72.